The summed E-state index contributed by atoms with van der Waals surface area (Å²) in [7, 11) is 1.26. The number of hydrogen-bond donors (Lipinski definition) is 2. The summed E-state index contributed by atoms with van der Waals surface area (Å²) in [6, 6.07) is 3.06. The highest BCUT2D eigenvalue weighted by atomic mass is 32.2. The number of benzene rings is 1. The van der Waals surface area contributed by atoms with Gasteiger partial charge < -0.3 is 14.8 Å². The minimum Gasteiger partial charge on any atom is -0.493 e. The lowest BCUT2D eigenvalue weighted by molar-refractivity contribution is 0.350. The Balaban J connectivity index is 3.31. The smallest absolute Gasteiger partial charge is 0.240 e. The van der Waals surface area contributed by atoms with Crippen LogP contribution in [0.4, 0.5) is 0 Å². The zero-order valence-electron chi connectivity index (χ0n) is 12.3. The molecule has 0 aliphatic carbocycles. The van der Waals surface area contributed by atoms with Crippen LogP contribution in [0.3, 0.4) is 0 Å². The van der Waals surface area contributed by atoms with Gasteiger partial charge in [0, 0.05) is 24.7 Å². The van der Waals surface area contributed by atoms with Crippen molar-refractivity contribution in [1.82, 2.24) is 10.0 Å². The van der Waals surface area contributed by atoms with Crippen molar-refractivity contribution in [2.75, 3.05) is 27.8 Å². The van der Waals surface area contributed by atoms with Crippen molar-refractivity contribution in [1.29, 1.82) is 0 Å². The van der Waals surface area contributed by atoms with Crippen LogP contribution in [0.5, 0.6) is 11.5 Å². The molecule has 0 aliphatic heterocycles. The van der Waals surface area contributed by atoms with E-state index in [0.717, 1.165) is 12.0 Å². The van der Waals surface area contributed by atoms with Gasteiger partial charge in [0.25, 0.3) is 0 Å². The summed E-state index contributed by atoms with van der Waals surface area (Å²) in [6.45, 7) is 2.79. The Morgan fingerprint density at radius 1 is 1.20 bits per heavy atom. The molecule has 114 valence electrons. The molecule has 20 heavy (non-hydrogen) atoms. The van der Waals surface area contributed by atoms with E-state index in [4.69, 9.17) is 9.47 Å². The quantitative estimate of drug-likeness (QED) is 0.752. The van der Waals surface area contributed by atoms with E-state index in [1.807, 2.05) is 6.92 Å². The van der Waals surface area contributed by atoms with Crippen molar-refractivity contribution in [2.24, 2.45) is 0 Å². The van der Waals surface area contributed by atoms with Gasteiger partial charge in [-0.05, 0) is 19.5 Å². The fourth-order valence-electron chi connectivity index (χ4n) is 1.81. The Hall–Kier alpha value is -1.31. The maximum absolute atomic E-state index is 12.2. The molecule has 0 bridgehead atoms. The molecule has 7 heteroatoms. The molecule has 0 aliphatic rings. The Kier molecular flexibility index (Phi) is 6.25. The first-order chi connectivity index (χ1) is 9.50. The van der Waals surface area contributed by atoms with E-state index in [1.54, 1.807) is 13.1 Å². The Morgan fingerprint density at radius 3 is 2.40 bits per heavy atom. The second kappa shape index (κ2) is 7.47. The molecule has 1 aromatic rings. The molecule has 0 saturated heterocycles. The highest BCUT2D eigenvalue weighted by molar-refractivity contribution is 7.89. The normalized spacial score (nSPS) is 11.4. The highest BCUT2D eigenvalue weighted by Gasteiger charge is 2.19. The molecule has 0 saturated carbocycles. The van der Waals surface area contributed by atoms with Crippen LogP contribution in [0.1, 0.15) is 18.9 Å². The Labute approximate surface area is 120 Å². The Morgan fingerprint density at radius 2 is 1.90 bits per heavy atom. The van der Waals surface area contributed by atoms with Crippen molar-refractivity contribution < 1.29 is 17.9 Å². The number of rotatable bonds is 8. The fraction of sp³-hybridized carbons (Fsp3) is 0.538. The lowest BCUT2D eigenvalue weighted by Crippen LogP contribution is -2.24. The van der Waals surface area contributed by atoms with Gasteiger partial charge in [-0.2, -0.15) is 0 Å². The van der Waals surface area contributed by atoms with E-state index in [2.05, 4.69) is 10.0 Å². The van der Waals surface area contributed by atoms with E-state index in [0.29, 0.717) is 24.6 Å². The standard InChI is InChI=1S/C13H22N2O4S/c1-5-6-15-20(16,17)11-7-10(9-14-2)13(19-4)12(8-11)18-3/h7-8,14-15H,5-6,9H2,1-4H3. The van der Waals surface area contributed by atoms with Crippen LogP contribution in [0, 0.1) is 0 Å². The molecule has 0 amide bonds. The van der Waals surface area contributed by atoms with E-state index >= 15 is 0 Å². The van der Waals surface area contributed by atoms with Gasteiger partial charge in [0.1, 0.15) is 0 Å². The first kappa shape index (κ1) is 16.7. The predicted octanol–water partition coefficient (Wildman–Crippen LogP) is 1.11. The molecule has 0 radical (unpaired) electrons. The van der Waals surface area contributed by atoms with Crippen molar-refractivity contribution in [3.63, 3.8) is 0 Å². The van der Waals surface area contributed by atoms with Crippen LogP contribution >= 0.6 is 0 Å². The van der Waals surface area contributed by atoms with Gasteiger partial charge in [-0.1, -0.05) is 6.92 Å². The summed E-state index contributed by atoms with van der Waals surface area (Å²) in [5, 5.41) is 2.98. The summed E-state index contributed by atoms with van der Waals surface area (Å²) >= 11 is 0. The maximum Gasteiger partial charge on any atom is 0.240 e. The maximum atomic E-state index is 12.2. The summed E-state index contributed by atoms with van der Waals surface area (Å²) in [4.78, 5) is 0.175. The van der Waals surface area contributed by atoms with Crippen molar-refractivity contribution in [2.45, 2.75) is 24.8 Å². The average molecular weight is 302 g/mol. The van der Waals surface area contributed by atoms with Crippen LogP contribution in [0.25, 0.3) is 0 Å². The molecule has 0 heterocycles. The first-order valence-electron chi connectivity index (χ1n) is 6.39. The van der Waals surface area contributed by atoms with Gasteiger partial charge in [-0.15, -0.1) is 0 Å². The topological polar surface area (TPSA) is 76.7 Å². The van der Waals surface area contributed by atoms with Gasteiger partial charge in [-0.3, -0.25) is 0 Å². The number of methoxy groups -OCH3 is 2. The number of ether oxygens (including phenoxy) is 2. The van der Waals surface area contributed by atoms with Crippen LogP contribution < -0.4 is 19.5 Å². The largest absolute Gasteiger partial charge is 0.493 e. The van der Waals surface area contributed by atoms with Gasteiger partial charge in [-0.25, -0.2) is 13.1 Å². The van der Waals surface area contributed by atoms with E-state index in [-0.39, 0.29) is 4.90 Å². The third kappa shape index (κ3) is 3.84. The third-order valence-corrected chi connectivity index (χ3v) is 4.19. The SMILES string of the molecule is CCCNS(=O)(=O)c1cc(CNC)c(OC)c(OC)c1. The molecule has 0 atom stereocenters. The van der Waals surface area contributed by atoms with Crippen molar-refractivity contribution in [3.05, 3.63) is 17.7 Å². The minimum absolute atomic E-state index is 0.175. The lowest BCUT2D eigenvalue weighted by atomic mass is 10.2. The minimum atomic E-state index is -3.53. The zero-order valence-corrected chi connectivity index (χ0v) is 13.1. The molecule has 1 rings (SSSR count). The molecule has 0 unspecified atom stereocenters. The summed E-state index contributed by atoms with van der Waals surface area (Å²) in [5.74, 6) is 0.938. The molecule has 6 nitrogen and oxygen atoms in total. The van der Waals surface area contributed by atoms with E-state index in [9.17, 15) is 8.42 Å². The van der Waals surface area contributed by atoms with Crippen LogP contribution in [-0.2, 0) is 16.6 Å². The first-order valence-corrected chi connectivity index (χ1v) is 7.87. The zero-order chi connectivity index (χ0) is 15.2. The molecular formula is C13H22N2O4S. The monoisotopic (exact) mass is 302 g/mol. The van der Waals surface area contributed by atoms with E-state index in [1.165, 1.54) is 20.3 Å². The van der Waals surface area contributed by atoms with Gasteiger partial charge >= 0.3 is 0 Å². The van der Waals surface area contributed by atoms with Gasteiger partial charge in [0.05, 0.1) is 19.1 Å². The highest BCUT2D eigenvalue weighted by Crippen LogP contribution is 2.34. The second-order valence-corrected chi connectivity index (χ2v) is 6.01. The van der Waals surface area contributed by atoms with Gasteiger partial charge in [0.15, 0.2) is 11.5 Å². The molecule has 1 aromatic carbocycles. The number of sulfonamides is 1. The van der Waals surface area contributed by atoms with Crippen LogP contribution in [0.2, 0.25) is 0 Å². The summed E-state index contributed by atoms with van der Waals surface area (Å²) in [5.41, 5.74) is 0.728. The Bertz CT molecular complexity index is 544. The predicted molar refractivity (Wildman–Crippen MR) is 77.8 cm³/mol. The fourth-order valence-corrected chi connectivity index (χ4v) is 3.01. The lowest BCUT2D eigenvalue weighted by Gasteiger charge is -2.15. The molecule has 2 N–H and O–H groups in total. The molecule has 0 fully saturated rings. The molecule has 0 aromatic heterocycles. The summed E-state index contributed by atoms with van der Waals surface area (Å²) in [6.07, 6.45) is 0.732. The number of hydrogen-bond acceptors (Lipinski definition) is 5. The second-order valence-electron chi connectivity index (χ2n) is 4.25. The van der Waals surface area contributed by atoms with Crippen molar-refractivity contribution in [3.8, 4) is 11.5 Å². The van der Waals surface area contributed by atoms with Crippen molar-refractivity contribution >= 4 is 10.0 Å². The number of nitrogens with one attached hydrogen (secondary N) is 2. The van der Waals surface area contributed by atoms with E-state index < -0.39 is 10.0 Å². The van der Waals surface area contributed by atoms with Gasteiger partial charge in [0.2, 0.25) is 10.0 Å². The summed E-state index contributed by atoms with van der Waals surface area (Å²) < 4.78 is 37.4. The molecular weight excluding hydrogens is 280 g/mol. The average Bonchev–Trinajstić information content (AvgIpc) is 2.44. The molecule has 0 spiro atoms. The third-order valence-electron chi connectivity index (χ3n) is 2.75. The van der Waals surface area contributed by atoms with Crippen LogP contribution in [-0.4, -0.2) is 36.2 Å². The van der Waals surface area contributed by atoms with Crippen LogP contribution in [0.15, 0.2) is 17.0 Å².